The summed E-state index contributed by atoms with van der Waals surface area (Å²) >= 11 is 0. The van der Waals surface area contributed by atoms with E-state index in [4.69, 9.17) is 10.5 Å². The second-order valence-corrected chi connectivity index (χ2v) is 10.1. The molecule has 1 aliphatic rings. The molecule has 5 N–H and O–H groups in total. The van der Waals surface area contributed by atoms with Crippen LogP contribution in [-0.2, 0) is 12.1 Å². The first-order chi connectivity index (χ1) is 19.8. The summed E-state index contributed by atoms with van der Waals surface area (Å²) in [6.45, 7) is 12.8. The maximum Gasteiger partial charge on any atom is 0.249 e. The number of aromatic nitrogens is 1. The zero-order valence-corrected chi connectivity index (χ0v) is 25.4. The summed E-state index contributed by atoms with van der Waals surface area (Å²) in [4.78, 5) is 20.2. The van der Waals surface area contributed by atoms with E-state index in [2.05, 4.69) is 53.8 Å². The first-order valence-corrected chi connectivity index (χ1v) is 14.4. The Morgan fingerprint density at radius 1 is 1.07 bits per heavy atom. The van der Waals surface area contributed by atoms with Crippen LogP contribution in [0.3, 0.4) is 0 Å². The lowest BCUT2D eigenvalue weighted by Crippen LogP contribution is -2.39. The quantitative estimate of drug-likeness (QED) is 0.232. The fourth-order valence-electron chi connectivity index (χ4n) is 4.86. The van der Waals surface area contributed by atoms with Gasteiger partial charge in [0, 0.05) is 29.4 Å². The number of ether oxygens (including phenoxy) is 1. The van der Waals surface area contributed by atoms with Crippen LogP contribution in [0.1, 0.15) is 63.3 Å². The summed E-state index contributed by atoms with van der Waals surface area (Å²) < 4.78 is 6.31. The molecule has 6 heteroatoms. The second-order valence-electron chi connectivity index (χ2n) is 10.1. The third kappa shape index (κ3) is 6.67. The lowest BCUT2D eigenvalue weighted by Gasteiger charge is -2.32. The van der Waals surface area contributed by atoms with Crippen molar-refractivity contribution >= 4 is 17.1 Å². The molecular formula is C35H44N4O2. The number of nitrogens with two attached hydrogens (primary N) is 2. The van der Waals surface area contributed by atoms with E-state index < -0.39 is 5.54 Å². The van der Waals surface area contributed by atoms with Crippen molar-refractivity contribution in [3.8, 4) is 16.9 Å². The first-order valence-electron chi connectivity index (χ1n) is 14.4. The van der Waals surface area contributed by atoms with Crippen LogP contribution < -0.4 is 21.8 Å². The number of H-pyrrole nitrogens is 1. The van der Waals surface area contributed by atoms with Gasteiger partial charge in [0.25, 0.3) is 0 Å². The second kappa shape index (κ2) is 14.1. The molecule has 3 aromatic carbocycles. The predicted octanol–water partition coefficient (Wildman–Crippen LogP) is 7.22. The van der Waals surface area contributed by atoms with Gasteiger partial charge in [0.2, 0.25) is 5.56 Å². The van der Waals surface area contributed by atoms with Crippen molar-refractivity contribution in [1.29, 1.82) is 0 Å². The number of aliphatic imine (C=N–C) groups is 1. The third-order valence-corrected chi connectivity index (χ3v) is 7.45. The average Bonchev–Trinajstić information content (AvgIpc) is 3.01. The molecule has 2 unspecified atom stereocenters. The summed E-state index contributed by atoms with van der Waals surface area (Å²) in [5, 5.41) is 0.937. The van der Waals surface area contributed by atoms with Crippen LogP contribution in [-0.4, -0.2) is 18.2 Å². The number of benzene rings is 3. The average molecular weight is 553 g/mol. The fourth-order valence-corrected chi connectivity index (χ4v) is 4.86. The van der Waals surface area contributed by atoms with E-state index in [1.165, 1.54) is 7.05 Å². The molecule has 0 amide bonds. The Balaban J connectivity index is 0.00000111. The normalized spacial score (nSPS) is 16.8. The number of hydrogen-bond donors (Lipinski definition) is 3. The van der Waals surface area contributed by atoms with Gasteiger partial charge in [-0.3, -0.25) is 9.79 Å². The third-order valence-electron chi connectivity index (χ3n) is 7.45. The Labute approximate surface area is 244 Å². The van der Waals surface area contributed by atoms with Crippen molar-refractivity contribution in [3.63, 3.8) is 0 Å². The van der Waals surface area contributed by atoms with E-state index in [9.17, 15) is 4.79 Å². The van der Waals surface area contributed by atoms with Crippen molar-refractivity contribution < 1.29 is 4.74 Å². The standard InChI is InChI=1S/C32H33N3O2.C2H6.CH5N/c1-5-20(2)17-34-18-22(4)32(33)25-11-12-29-28(14-25)27(16-31(36)35-29)24-8-6-7-23(13-24)19-37-30-15-26(32)10-9-21(30)3;2*1-2/h6-18,20H,5,19,33H2,1-4H3,(H,35,36);1-2H3;2H2,1H3/b22-18+,34-17?;;. The Morgan fingerprint density at radius 3 is 2.51 bits per heavy atom. The molecule has 1 aliphatic heterocycles. The number of aromatic amines is 1. The minimum absolute atomic E-state index is 0.141. The van der Waals surface area contributed by atoms with Crippen LogP contribution in [0.25, 0.3) is 22.0 Å². The lowest BCUT2D eigenvalue weighted by molar-refractivity contribution is 0.303. The summed E-state index contributed by atoms with van der Waals surface area (Å²) in [6.07, 6.45) is 4.85. The van der Waals surface area contributed by atoms with Crippen LogP contribution >= 0.6 is 0 Å². The molecular weight excluding hydrogens is 508 g/mol. The number of aryl methyl sites for hydroxylation is 1. The molecule has 5 rings (SSSR count). The molecule has 0 fully saturated rings. The summed E-state index contributed by atoms with van der Waals surface area (Å²) in [5.41, 5.74) is 18.2. The van der Waals surface area contributed by atoms with Crippen LogP contribution in [0.15, 0.2) is 88.3 Å². The van der Waals surface area contributed by atoms with Crippen molar-refractivity contribution in [2.45, 2.75) is 60.1 Å². The number of nitrogens with zero attached hydrogens (tertiary/aromatic N) is 1. The van der Waals surface area contributed by atoms with E-state index in [1.54, 1.807) is 6.07 Å². The van der Waals surface area contributed by atoms with E-state index in [1.807, 2.05) is 76.5 Å². The van der Waals surface area contributed by atoms with Gasteiger partial charge in [-0.15, -0.1) is 0 Å². The maximum atomic E-state index is 12.6. The molecule has 2 atom stereocenters. The van der Waals surface area contributed by atoms with E-state index in [-0.39, 0.29) is 5.56 Å². The highest BCUT2D eigenvalue weighted by Crippen LogP contribution is 2.39. The summed E-state index contributed by atoms with van der Waals surface area (Å²) in [6, 6.07) is 22.0. The van der Waals surface area contributed by atoms with Crippen LogP contribution in [0.5, 0.6) is 5.75 Å². The van der Waals surface area contributed by atoms with Gasteiger partial charge >= 0.3 is 0 Å². The number of hydrogen-bond acceptors (Lipinski definition) is 5. The molecule has 0 spiro atoms. The maximum absolute atomic E-state index is 12.6. The Bertz CT molecular complexity index is 1600. The van der Waals surface area contributed by atoms with Crippen molar-refractivity contribution in [2.75, 3.05) is 7.05 Å². The van der Waals surface area contributed by atoms with E-state index in [0.717, 1.165) is 62.0 Å². The van der Waals surface area contributed by atoms with Gasteiger partial charge in [0.1, 0.15) is 12.4 Å². The molecule has 0 saturated heterocycles. The van der Waals surface area contributed by atoms with Crippen LogP contribution in [0.2, 0.25) is 0 Å². The zero-order valence-electron chi connectivity index (χ0n) is 25.4. The zero-order chi connectivity index (χ0) is 30.2. The van der Waals surface area contributed by atoms with Gasteiger partial charge < -0.3 is 21.2 Å². The van der Waals surface area contributed by atoms with Crippen molar-refractivity contribution in [3.05, 3.63) is 111 Å². The molecule has 4 aromatic rings. The molecule has 6 nitrogen and oxygen atoms in total. The van der Waals surface area contributed by atoms with Crippen LogP contribution in [0, 0.1) is 12.8 Å². The molecule has 0 aliphatic carbocycles. The SMILES string of the molecule is CC.CCC(C)C=N/C=C(\C)C1(N)c2ccc(C)c(c2)OCc2cccc(c2)-c2cc(=O)[nH]c3ccc1cc23.CN. The summed E-state index contributed by atoms with van der Waals surface area (Å²) in [5.74, 6) is 1.17. The van der Waals surface area contributed by atoms with E-state index >= 15 is 0 Å². The van der Waals surface area contributed by atoms with Gasteiger partial charge in [-0.25, -0.2) is 0 Å². The highest BCUT2D eigenvalue weighted by atomic mass is 16.5. The molecule has 6 bridgehead atoms. The molecule has 216 valence electrons. The highest BCUT2D eigenvalue weighted by Gasteiger charge is 2.33. The Kier molecular flexibility index (Phi) is 10.8. The minimum atomic E-state index is -0.965. The van der Waals surface area contributed by atoms with Gasteiger partial charge in [-0.05, 0) is 96.5 Å². The van der Waals surface area contributed by atoms with Crippen molar-refractivity contribution in [2.24, 2.45) is 22.4 Å². The monoisotopic (exact) mass is 552 g/mol. The minimum Gasteiger partial charge on any atom is -0.489 e. The topological polar surface area (TPSA) is 106 Å². The number of pyridine rings is 1. The highest BCUT2D eigenvalue weighted by molar-refractivity contribution is 5.95. The summed E-state index contributed by atoms with van der Waals surface area (Å²) in [7, 11) is 1.50. The predicted molar refractivity (Wildman–Crippen MR) is 174 cm³/mol. The number of rotatable bonds is 4. The number of fused-ring (bicyclic) bond motifs is 6. The molecule has 0 saturated carbocycles. The molecule has 41 heavy (non-hydrogen) atoms. The van der Waals surface area contributed by atoms with Gasteiger partial charge in [-0.2, -0.15) is 0 Å². The van der Waals surface area contributed by atoms with Gasteiger partial charge in [0.05, 0.1) is 5.54 Å². The number of nitrogens with one attached hydrogen (secondary N) is 1. The van der Waals surface area contributed by atoms with Gasteiger partial charge in [-0.1, -0.05) is 64.1 Å². The molecule has 2 heterocycles. The molecule has 1 aromatic heterocycles. The van der Waals surface area contributed by atoms with E-state index in [0.29, 0.717) is 12.5 Å². The lowest BCUT2D eigenvalue weighted by atomic mass is 9.77. The molecule has 0 radical (unpaired) electrons. The Hall–Kier alpha value is -4.00. The van der Waals surface area contributed by atoms with Crippen LogP contribution in [0.4, 0.5) is 0 Å². The largest absolute Gasteiger partial charge is 0.489 e. The fraction of sp³-hybridized carbons (Fsp3) is 0.314. The Morgan fingerprint density at radius 2 is 1.78 bits per heavy atom. The smallest absolute Gasteiger partial charge is 0.249 e. The van der Waals surface area contributed by atoms with Gasteiger partial charge in [0.15, 0.2) is 0 Å². The van der Waals surface area contributed by atoms with Crippen molar-refractivity contribution in [1.82, 2.24) is 4.98 Å². The first kappa shape index (κ1) is 31.5.